The molecule has 3 rings (SSSR count). The number of halogens is 2. The summed E-state index contributed by atoms with van der Waals surface area (Å²) < 4.78 is 5.26. The Kier molecular flexibility index (Phi) is 5.74. The Bertz CT molecular complexity index is 1160. The maximum Gasteiger partial charge on any atom is 0.349 e. The Balaban J connectivity index is 1.79. The number of carbonyl (C=O) groups is 2. The summed E-state index contributed by atoms with van der Waals surface area (Å²) >= 11 is 13.0. The molecule has 1 amide bonds. The number of ether oxygens (including phenoxy) is 1. The number of rotatable bonds is 4. The van der Waals surface area contributed by atoms with Crippen LogP contribution in [0.4, 0.5) is 5.69 Å². The number of fused-ring (bicyclic) bond motifs is 1. The Morgan fingerprint density at radius 3 is 2.71 bits per heavy atom. The van der Waals surface area contributed by atoms with E-state index in [0.29, 0.717) is 37.3 Å². The van der Waals surface area contributed by atoms with E-state index in [0.717, 1.165) is 11.3 Å². The van der Waals surface area contributed by atoms with Crippen LogP contribution in [-0.4, -0.2) is 27.9 Å². The third-order valence-corrected chi connectivity index (χ3v) is 5.67. The van der Waals surface area contributed by atoms with E-state index >= 15 is 0 Å². The monoisotopic (exact) mass is 439 g/mol. The Hall–Kier alpha value is -2.42. The molecule has 28 heavy (non-hydrogen) atoms. The van der Waals surface area contributed by atoms with Gasteiger partial charge in [-0.25, -0.2) is 9.78 Å². The predicted molar refractivity (Wildman–Crippen MR) is 110 cm³/mol. The normalized spacial score (nSPS) is 12.0. The highest BCUT2D eigenvalue weighted by atomic mass is 35.5. The third kappa shape index (κ3) is 4.04. The molecule has 0 bridgehead atoms. The van der Waals surface area contributed by atoms with Gasteiger partial charge >= 0.3 is 5.97 Å². The van der Waals surface area contributed by atoms with Crippen LogP contribution in [0.3, 0.4) is 0 Å². The number of anilines is 1. The van der Waals surface area contributed by atoms with E-state index in [2.05, 4.69) is 15.3 Å². The highest BCUT2D eigenvalue weighted by Crippen LogP contribution is 2.28. The number of H-pyrrole nitrogens is 1. The minimum atomic E-state index is -1.10. The van der Waals surface area contributed by atoms with Crippen molar-refractivity contribution in [3.63, 3.8) is 0 Å². The van der Waals surface area contributed by atoms with Crippen LogP contribution in [0.1, 0.15) is 28.0 Å². The zero-order chi connectivity index (χ0) is 20.6. The molecule has 0 spiro atoms. The maximum atomic E-state index is 12.5. The predicted octanol–water partition coefficient (Wildman–Crippen LogP) is 4.09. The molecule has 0 saturated heterocycles. The SMILES string of the molecule is Cc1nc2sc(C(=O)OC(C)C(=O)Nc3cc(Cl)ccc3Cl)c(C)c2c(=O)[nH]1. The second-order valence-electron chi connectivity index (χ2n) is 6.05. The molecule has 1 aromatic carbocycles. The van der Waals surface area contributed by atoms with Gasteiger partial charge in [-0.1, -0.05) is 23.2 Å². The van der Waals surface area contributed by atoms with Crippen LogP contribution in [0, 0.1) is 13.8 Å². The molecule has 2 N–H and O–H groups in total. The summed E-state index contributed by atoms with van der Waals surface area (Å²) in [5.41, 5.74) is 0.451. The van der Waals surface area contributed by atoms with Crippen LogP contribution in [-0.2, 0) is 9.53 Å². The van der Waals surface area contributed by atoms with Gasteiger partial charge in [-0.3, -0.25) is 9.59 Å². The van der Waals surface area contributed by atoms with Crippen LogP contribution < -0.4 is 10.9 Å². The lowest BCUT2D eigenvalue weighted by Crippen LogP contribution is -2.30. The van der Waals surface area contributed by atoms with Gasteiger partial charge in [0.25, 0.3) is 11.5 Å². The van der Waals surface area contributed by atoms with Crippen molar-refractivity contribution in [2.75, 3.05) is 5.32 Å². The topological polar surface area (TPSA) is 101 Å². The van der Waals surface area contributed by atoms with Crippen molar-refractivity contribution < 1.29 is 14.3 Å². The number of aryl methyl sites for hydroxylation is 2. The van der Waals surface area contributed by atoms with Gasteiger partial charge in [0.1, 0.15) is 15.5 Å². The minimum absolute atomic E-state index is 0.221. The van der Waals surface area contributed by atoms with Crippen molar-refractivity contribution in [2.45, 2.75) is 26.9 Å². The standard InChI is InChI=1S/C18H15Cl2N3O4S/c1-7-13-16(25)21-9(3)22-17(13)28-14(7)18(26)27-8(2)15(24)23-12-6-10(19)4-5-11(12)20/h4-6,8H,1-3H3,(H,23,24)(H,21,22,25). The van der Waals surface area contributed by atoms with Crippen molar-refractivity contribution >= 4 is 62.3 Å². The molecule has 2 aromatic heterocycles. The van der Waals surface area contributed by atoms with Crippen molar-refractivity contribution in [2.24, 2.45) is 0 Å². The summed E-state index contributed by atoms with van der Waals surface area (Å²) in [6.45, 7) is 4.73. The fourth-order valence-corrected chi connectivity index (χ4v) is 3.99. The van der Waals surface area contributed by atoms with E-state index < -0.39 is 18.0 Å². The van der Waals surface area contributed by atoms with E-state index in [9.17, 15) is 14.4 Å². The molecule has 0 aliphatic carbocycles. The molecule has 1 atom stereocenters. The van der Waals surface area contributed by atoms with Gasteiger partial charge in [-0.15, -0.1) is 11.3 Å². The molecule has 2 heterocycles. The highest BCUT2D eigenvalue weighted by Gasteiger charge is 2.24. The number of carbonyl (C=O) groups excluding carboxylic acids is 2. The molecular weight excluding hydrogens is 425 g/mol. The summed E-state index contributed by atoms with van der Waals surface area (Å²) in [7, 11) is 0. The molecule has 0 fully saturated rings. The average molecular weight is 440 g/mol. The lowest BCUT2D eigenvalue weighted by atomic mass is 10.2. The second kappa shape index (κ2) is 7.90. The quantitative estimate of drug-likeness (QED) is 0.595. The number of thiophene rings is 1. The molecule has 0 aliphatic rings. The first-order valence-electron chi connectivity index (χ1n) is 8.14. The molecule has 3 aromatic rings. The smallest absolute Gasteiger partial charge is 0.349 e. The van der Waals surface area contributed by atoms with Gasteiger partial charge in [0.05, 0.1) is 16.1 Å². The molecule has 1 unspecified atom stereocenters. The molecule has 146 valence electrons. The lowest BCUT2D eigenvalue weighted by molar-refractivity contribution is -0.123. The molecule has 10 heteroatoms. The molecule has 0 radical (unpaired) electrons. The largest absolute Gasteiger partial charge is 0.448 e. The van der Waals surface area contributed by atoms with Gasteiger partial charge in [0, 0.05) is 5.02 Å². The number of amides is 1. The van der Waals surface area contributed by atoms with Crippen LogP contribution in [0.5, 0.6) is 0 Å². The van der Waals surface area contributed by atoms with Gasteiger partial charge in [-0.05, 0) is 44.5 Å². The Morgan fingerprint density at radius 2 is 2.00 bits per heavy atom. The first kappa shape index (κ1) is 20.3. The number of benzene rings is 1. The number of nitrogens with zero attached hydrogens (tertiary/aromatic N) is 1. The zero-order valence-corrected chi connectivity index (χ0v) is 17.4. The molecule has 0 saturated carbocycles. The molecular formula is C18H15Cl2N3O4S. The number of aromatic amines is 1. The first-order chi connectivity index (χ1) is 13.2. The van der Waals surface area contributed by atoms with E-state index in [1.165, 1.54) is 13.0 Å². The summed E-state index contributed by atoms with van der Waals surface area (Å²) in [4.78, 5) is 44.5. The van der Waals surface area contributed by atoms with Crippen molar-refractivity contribution in [3.05, 3.63) is 54.9 Å². The minimum Gasteiger partial charge on any atom is -0.448 e. The summed E-state index contributed by atoms with van der Waals surface area (Å²) in [6.07, 6.45) is -1.10. The van der Waals surface area contributed by atoms with E-state index in [1.54, 1.807) is 26.0 Å². The summed E-state index contributed by atoms with van der Waals surface area (Å²) in [5, 5.41) is 3.61. The lowest BCUT2D eigenvalue weighted by Gasteiger charge is -2.14. The van der Waals surface area contributed by atoms with Crippen molar-refractivity contribution in [1.82, 2.24) is 9.97 Å². The van der Waals surface area contributed by atoms with Crippen LogP contribution in [0.25, 0.3) is 10.2 Å². The Morgan fingerprint density at radius 1 is 1.29 bits per heavy atom. The number of hydrogen-bond donors (Lipinski definition) is 2. The van der Waals surface area contributed by atoms with Crippen LogP contribution in [0.2, 0.25) is 10.0 Å². The molecule has 0 aliphatic heterocycles. The maximum absolute atomic E-state index is 12.5. The second-order valence-corrected chi connectivity index (χ2v) is 7.89. The van der Waals surface area contributed by atoms with E-state index in [-0.39, 0.29) is 10.4 Å². The molecule has 7 nitrogen and oxygen atoms in total. The number of hydrogen-bond acceptors (Lipinski definition) is 6. The first-order valence-corrected chi connectivity index (χ1v) is 9.71. The van der Waals surface area contributed by atoms with E-state index in [4.69, 9.17) is 27.9 Å². The summed E-state index contributed by atoms with van der Waals surface area (Å²) in [6, 6.07) is 4.63. The van der Waals surface area contributed by atoms with Crippen molar-refractivity contribution in [1.29, 1.82) is 0 Å². The van der Waals surface area contributed by atoms with Crippen molar-refractivity contribution in [3.8, 4) is 0 Å². The fraction of sp³-hybridized carbons (Fsp3) is 0.222. The average Bonchev–Trinajstić information content (AvgIpc) is 2.94. The van der Waals surface area contributed by atoms with Crippen LogP contribution >= 0.6 is 34.5 Å². The Labute approximate surface area is 173 Å². The summed E-state index contributed by atoms with van der Waals surface area (Å²) in [5.74, 6) is -0.828. The zero-order valence-electron chi connectivity index (χ0n) is 15.1. The number of aromatic nitrogens is 2. The van der Waals surface area contributed by atoms with Gasteiger partial charge in [0.2, 0.25) is 0 Å². The van der Waals surface area contributed by atoms with Gasteiger partial charge in [0.15, 0.2) is 6.10 Å². The van der Waals surface area contributed by atoms with Crippen LogP contribution in [0.15, 0.2) is 23.0 Å². The van der Waals surface area contributed by atoms with Gasteiger partial charge in [-0.2, -0.15) is 0 Å². The number of esters is 1. The highest BCUT2D eigenvalue weighted by molar-refractivity contribution is 7.20. The third-order valence-electron chi connectivity index (χ3n) is 3.94. The van der Waals surface area contributed by atoms with Gasteiger partial charge < -0.3 is 15.0 Å². The van der Waals surface area contributed by atoms with E-state index in [1.807, 2.05) is 0 Å². The number of nitrogens with one attached hydrogen (secondary N) is 2. The fourth-order valence-electron chi connectivity index (χ4n) is 2.54.